The zero-order valence-corrected chi connectivity index (χ0v) is 21.7. The SMILES string of the molecule is COc1cc(C(=O)NC2C[C@H]3CCC[C@@H](C2)N3Cc2nc3ccc(Cl)cc3s2)cc(OC)c1OC. The first kappa shape index (κ1) is 24.2. The average Bonchev–Trinajstić information content (AvgIpc) is 3.24. The van der Waals surface area contributed by atoms with Crippen molar-refractivity contribution in [3.05, 3.63) is 45.9 Å². The average molecular weight is 516 g/mol. The molecule has 3 heterocycles. The summed E-state index contributed by atoms with van der Waals surface area (Å²) < 4.78 is 17.3. The summed E-state index contributed by atoms with van der Waals surface area (Å²) in [6.07, 6.45) is 5.38. The zero-order valence-electron chi connectivity index (χ0n) is 20.2. The van der Waals surface area contributed by atoms with Gasteiger partial charge in [-0.1, -0.05) is 18.0 Å². The van der Waals surface area contributed by atoms with E-state index in [-0.39, 0.29) is 11.9 Å². The van der Waals surface area contributed by atoms with Gasteiger partial charge < -0.3 is 19.5 Å². The number of carbonyl (C=O) groups is 1. The number of hydrogen-bond acceptors (Lipinski definition) is 7. The van der Waals surface area contributed by atoms with E-state index in [1.54, 1.807) is 44.8 Å². The number of carbonyl (C=O) groups excluding carboxylic acids is 1. The van der Waals surface area contributed by atoms with Crippen LogP contribution in [0, 0.1) is 0 Å². The number of piperidine rings is 2. The first-order valence-corrected chi connectivity index (χ1v) is 13.1. The molecule has 2 aromatic carbocycles. The molecule has 35 heavy (non-hydrogen) atoms. The minimum absolute atomic E-state index is 0.121. The number of thiazole rings is 1. The molecule has 2 bridgehead atoms. The molecule has 2 aliphatic heterocycles. The van der Waals surface area contributed by atoms with Gasteiger partial charge in [0.2, 0.25) is 5.75 Å². The van der Waals surface area contributed by atoms with Crippen LogP contribution in [0.4, 0.5) is 0 Å². The molecule has 2 fully saturated rings. The van der Waals surface area contributed by atoms with Crippen LogP contribution in [0.5, 0.6) is 17.2 Å². The van der Waals surface area contributed by atoms with Crippen LogP contribution < -0.4 is 19.5 Å². The first-order chi connectivity index (χ1) is 17.0. The van der Waals surface area contributed by atoms with Crippen molar-refractivity contribution in [1.82, 2.24) is 15.2 Å². The van der Waals surface area contributed by atoms with E-state index in [2.05, 4.69) is 10.2 Å². The van der Waals surface area contributed by atoms with Gasteiger partial charge in [-0.15, -0.1) is 11.3 Å². The summed E-state index contributed by atoms with van der Waals surface area (Å²) in [6, 6.07) is 10.3. The number of hydrogen-bond donors (Lipinski definition) is 1. The van der Waals surface area contributed by atoms with Crippen LogP contribution >= 0.6 is 22.9 Å². The van der Waals surface area contributed by atoms with Crippen molar-refractivity contribution in [2.24, 2.45) is 0 Å². The first-order valence-electron chi connectivity index (χ1n) is 11.9. The van der Waals surface area contributed by atoms with Crippen molar-refractivity contribution in [3.63, 3.8) is 0 Å². The van der Waals surface area contributed by atoms with E-state index in [0.29, 0.717) is 34.9 Å². The second-order valence-corrected chi connectivity index (χ2v) is 10.7. The summed E-state index contributed by atoms with van der Waals surface area (Å²) in [5.74, 6) is 1.30. The molecule has 0 spiro atoms. The Kier molecular flexibility index (Phi) is 7.05. The molecule has 0 aliphatic carbocycles. The molecule has 1 amide bonds. The largest absolute Gasteiger partial charge is 0.493 e. The Hall–Kier alpha value is -2.55. The molecule has 1 N–H and O–H groups in total. The normalized spacial score (nSPS) is 22.1. The van der Waals surface area contributed by atoms with Gasteiger partial charge in [0.1, 0.15) is 5.01 Å². The van der Waals surface area contributed by atoms with Gasteiger partial charge in [-0.2, -0.15) is 0 Å². The molecule has 0 saturated carbocycles. The molecule has 2 saturated heterocycles. The third kappa shape index (κ3) is 4.92. The third-order valence-electron chi connectivity index (χ3n) is 7.10. The smallest absolute Gasteiger partial charge is 0.251 e. The minimum Gasteiger partial charge on any atom is -0.493 e. The second-order valence-electron chi connectivity index (χ2n) is 9.19. The predicted molar refractivity (Wildman–Crippen MR) is 138 cm³/mol. The Morgan fingerprint density at radius 3 is 2.40 bits per heavy atom. The van der Waals surface area contributed by atoms with Gasteiger partial charge in [0, 0.05) is 28.7 Å². The molecule has 1 unspecified atom stereocenters. The van der Waals surface area contributed by atoms with Crippen LogP contribution in [0.3, 0.4) is 0 Å². The van der Waals surface area contributed by atoms with Crippen LogP contribution in [0.2, 0.25) is 5.02 Å². The van der Waals surface area contributed by atoms with E-state index in [1.807, 2.05) is 18.2 Å². The maximum absolute atomic E-state index is 13.2. The lowest BCUT2D eigenvalue weighted by atomic mass is 9.81. The van der Waals surface area contributed by atoms with Crippen molar-refractivity contribution in [2.45, 2.75) is 56.8 Å². The van der Waals surface area contributed by atoms with Gasteiger partial charge in [-0.25, -0.2) is 4.98 Å². The van der Waals surface area contributed by atoms with Crippen LogP contribution in [-0.4, -0.2) is 55.2 Å². The summed E-state index contributed by atoms with van der Waals surface area (Å²) >= 11 is 7.88. The molecular weight excluding hydrogens is 486 g/mol. The molecular formula is C26H30ClN3O4S. The van der Waals surface area contributed by atoms with Crippen molar-refractivity contribution < 1.29 is 19.0 Å². The Morgan fingerprint density at radius 1 is 1.09 bits per heavy atom. The lowest BCUT2D eigenvalue weighted by molar-refractivity contribution is 0.0177. The number of amides is 1. The standard InChI is InChI=1S/C26H30ClN3O4S/c1-32-21-9-15(10-22(33-2)25(21)34-3)26(31)28-17-12-18-5-4-6-19(13-17)30(18)14-24-29-20-8-7-16(27)11-23(20)35-24/h7-11,17-19H,4-6,12-14H2,1-3H3,(H,28,31)/t17?,18-,19+. The number of methoxy groups -OCH3 is 3. The van der Waals surface area contributed by atoms with Crippen molar-refractivity contribution in [2.75, 3.05) is 21.3 Å². The number of rotatable bonds is 7. The van der Waals surface area contributed by atoms with E-state index < -0.39 is 0 Å². The minimum atomic E-state index is -0.121. The fraction of sp³-hybridized carbons (Fsp3) is 0.462. The van der Waals surface area contributed by atoms with Gasteiger partial charge in [0.25, 0.3) is 5.91 Å². The number of halogens is 1. The second kappa shape index (κ2) is 10.2. The highest BCUT2D eigenvalue weighted by Crippen LogP contribution is 2.39. The zero-order chi connectivity index (χ0) is 24.5. The number of fused-ring (bicyclic) bond motifs is 3. The number of ether oxygens (including phenoxy) is 3. The molecule has 2 aliphatic rings. The quantitative estimate of drug-likeness (QED) is 0.461. The summed E-state index contributed by atoms with van der Waals surface area (Å²) in [4.78, 5) is 20.6. The molecule has 9 heteroatoms. The van der Waals surface area contributed by atoms with Crippen molar-refractivity contribution in [1.29, 1.82) is 0 Å². The van der Waals surface area contributed by atoms with Crippen LogP contribution in [0.25, 0.3) is 10.2 Å². The lowest BCUT2D eigenvalue weighted by Gasteiger charge is -2.48. The van der Waals surface area contributed by atoms with E-state index in [0.717, 1.165) is 52.5 Å². The van der Waals surface area contributed by atoms with Gasteiger partial charge >= 0.3 is 0 Å². The topological polar surface area (TPSA) is 72.9 Å². The number of nitrogens with one attached hydrogen (secondary N) is 1. The molecule has 3 aromatic rings. The summed E-state index contributed by atoms with van der Waals surface area (Å²) in [5.41, 5.74) is 1.51. The van der Waals surface area contributed by atoms with Gasteiger partial charge in [-0.05, 0) is 56.0 Å². The third-order valence-corrected chi connectivity index (χ3v) is 8.34. The van der Waals surface area contributed by atoms with E-state index in [9.17, 15) is 4.79 Å². The van der Waals surface area contributed by atoms with E-state index in [4.69, 9.17) is 30.8 Å². The molecule has 3 atom stereocenters. The van der Waals surface area contributed by atoms with Crippen LogP contribution in [0.15, 0.2) is 30.3 Å². The highest BCUT2D eigenvalue weighted by Gasteiger charge is 2.39. The molecule has 5 rings (SSSR count). The maximum Gasteiger partial charge on any atom is 0.251 e. The Balaban J connectivity index is 1.29. The molecule has 186 valence electrons. The van der Waals surface area contributed by atoms with Crippen LogP contribution in [-0.2, 0) is 6.54 Å². The van der Waals surface area contributed by atoms with E-state index in [1.165, 1.54) is 6.42 Å². The van der Waals surface area contributed by atoms with Crippen LogP contribution in [0.1, 0.15) is 47.5 Å². The fourth-order valence-corrected chi connectivity index (χ4v) is 6.76. The number of aromatic nitrogens is 1. The van der Waals surface area contributed by atoms with Gasteiger partial charge in [-0.3, -0.25) is 9.69 Å². The van der Waals surface area contributed by atoms with Gasteiger partial charge in [0.15, 0.2) is 11.5 Å². The summed E-state index contributed by atoms with van der Waals surface area (Å²) in [5, 5.41) is 5.14. The van der Waals surface area contributed by atoms with Crippen molar-refractivity contribution in [3.8, 4) is 17.2 Å². The van der Waals surface area contributed by atoms with Gasteiger partial charge in [0.05, 0.1) is 38.1 Å². The highest BCUT2D eigenvalue weighted by atomic mass is 35.5. The van der Waals surface area contributed by atoms with E-state index >= 15 is 0 Å². The molecule has 0 radical (unpaired) electrons. The Morgan fingerprint density at radius 2 is 1.77 bits per heavy atom. The maximum atomic E-state index is 13.2. The highest BCUT2D eigenvalue weighted by molar-refractivity contribution is 7.18. The molecule has 7 nitrogen and oxygen atoms in total. The Bertz CT molecular complexity index is 1190. The Labute approximate surface area is 214 Å². The monoisotopic (exact) mass is 515 g/mol. The lowest BCUT2D eigenvalue weighted by Crippen LogP contribution is -2.56. The number of nitrogens with zero attached hydrogens (tertiary/aromatic N) is 2. The summed E-state index contributed by atoms with van der Waals surface area (Å²) in [6.45, 7) is 0.847. The predicted octanol–water partition coefficient (Wildman–Crippen LogP) is 5.29. The summed E-state index contributed by atoms with van der Waals surface area (Å²) in [7, 11) is 4.65. The fourth-order valence-electron chi connectivity index (χ4n) is 5.51. The van der Waals surface area contributed by atoms with Crippen molar-refractivity contribution >= 4 is 39.1 Å². The molecule has 1 aromatic heterocycles. The number of benzene rings is 2.